The highest BCUT2D eigenvalue weighted by Gasteiger charge is 2.30. The minimum Gasteiger partial charge on any atom is -0.466 e. The van der Waals surface area contributed by atoms with Crippen LogP contribution in [0.2, 0.25) is 0 Å². The maximum Gasteiger partial charge on any atom is 0.308 e. The van der Waals surface area contributed by atoms with Crippen LogP contribution in [-0.2, 0) is 23.9 Å². The fourth-order valence-electron chi connectivity index (χ4n) is 8.18. The summed E-state index contributed by atoms with van der Waals surface area (Å²) in [5.74, 6) is 0.112. The summed E-state index contributed by atoms with van der Waals surface area (Å²) in [4.78, 5) is 39.9. The van der Waals surface area contributed by atoms with Gasteiger partial charge in [-0.15, -0.1) is 0 Å². The molecule has 0 unspecified atom stereocenters. The van der Waals surface area contributed by atoms with Crippen molar-refractivity contribution in [3.05, 3.63) is 23.5 Å². The second-order valence-electron chi connectivity index (χ2n) is 17.5. The second kappa shape index (κ2) is 39.8. The Bertz CT molecular complexity index is 1080. The Labute approximate surface area is 364 Å². The van der Waals surface area contributed by atoms with Gasteiger partial charge in [0.25, 0.3) is 0 Å². The van der Waals surface area contributed by atoms with E-state index in [0.717, 1.165) is 109 Å². The minimum atomic E-state index is -0.0320. The van der Waals surface area contributed by atoms with Gasteiger partial charge in [-0.3, -0.25) is 14.4 Å². The number of carbonyl (C=O) groups excluding carboxylic acids is 3. The number of Topliss-reactive ketones (excluding diaryl/α,β-unsaturated/α-hetero) is 1. The highest BCUT2D eigenvalue weighted by molar-refractivity contribution is 6.18. The van der Waals surface area contributed by atoms with Crippen LogP contribution in [0.3, 0.4) is 0 Å². The van der Waals surface area contributed by atoms with Crippen molar-refractivity contribution in [2.45, 2.75) is 233 Å². The van der Waals surface area contributed by atoms with Crippen LogP contribution in [-0.4, -0.2) is 69.1 Å². The van der Waals surface area contributed by atoms with Crippen molar-refractivity contribution < 1.29 is 23.9 Å². The second-order valence-corrected chi connectivity index (χ2v) is 17.5. The topological polar surface area (TPSA) is 97.0 Å². The third-order valence-corrected chi connectivity index (χ3v) is 12.1. The minimum absolute atomic E-state index is 0.00590. The van der Waals surface area contributed by atoms with Crippen molar-refractivity contribution >= 4 is 17.7 Å². The number of unbranched alkanes of at least 4 members (excludes halogenated alkanes) is 24. The third kappa shape index (κ3) is 29.5. The molecule has 0 spiro atoms. The number of nitrogens with zero attached hydrogens (tertiary/aromatic N) is 1. The maximum atomic E-state index is 13.1. The Morgan fingerprint density at radius 3 is 1.47 bits per heavy atom. The Morgan fingerprint density at radius 2 is 0.966 bits per heavy atom. The lowest BCUT2D eigenvalue weighted by molar-refractivity contribution is -0.149. The molecule has 0 heterocycles. The molecule has 344 valence electrons. The van der Waals surface area contributed by atoms with Crippen LogP contribution in [0.4, 0.5) is 0 Å². The number of hydrogen-bond donors (Lipinski definition) is 2. The van der Waals surface area contributed by atoms with Gasteiger partial charge < -0.3 is 25.0 Å². The van der Waals surface area contributed by atoms with Crippen molar-refractivity contribution in [3.63, 3.8) is 0 Å². The lowest BCUT2D eigenvalue weighted by Gasteiger charge is -2.26. The molecule has 0 saturated heterocycles. The van der Waals surface area contributed by atoms with Crippen molar-refractivity contribution in [2.75, 3.05) is 46.4 Å². The number of likely N-dealkylation sites (N-methyl/N-ethyl adjacent to an activating group) is 1. The first-order valence-electron chi connectivity index (χ1n) is 25.3. The fourth-order valence-corrected chi connectivity index (χ4v) is 8.18. The molecule has 0 aliphatic heterocycles. The van der Waals surface area contributed by atoms with E-state index in [1.54, 1.807) is 7.05 Å². The molecule has 0 aromatic carbocycles. The van der Waals surface area contributed by atoms with Gasteiger partial charge >= 0.3 is 11.9 Å². The standard InChI is InChI=1S/C51H95N3O5/c1-6-9-12-15-18-26-33-43-58-47(55)38-30-23-19-24-31-40-54(42-35-39-53-48-45(4)50(56)49(48)52-5)41-32-25-20-27-34-44-59-51(57)46(36-28-21-16-13-10-7-2)37-29-22-17-14-11-8-3/h46,52-53H,4,6-44H2,1-3,5H3. The average molecular weight is 830 g/mol. The van der Waals surface area contributed by atoms with Crippen molar-refractivity contribution in [2.24, 2.45) is 5.92 Å². The zero-order valence-corrected chi connectivity index (χ0v) is 39.4. The number of nitrogens with one attached hydrogen (secondary N) is 2. The normalized spacial score (nSPS) is 12.8. The van der Waals surface area contributed by atoms with Gasteiger partial charge in [0.15, 0.2) is 0 Å². The molecule has 1 aliphatic carbocycles. The SMILES string of the molecule is C=C1C(=O)C(NC)=C1NCCCN(CCCCCCCOC(=O)C(CCCCCCCC)CCCCCCCC)CCCCCCCC(=O)OCCCCCCCCC. The average Bonchev–Trinajstić information content (AvgIpc) is 3.24. The van der Waals surface area contributed by atoms with E-state index < -0.39 is 0 Å². The van der Waals surface area contributed by atoms with E-state index in [2.05, 4.69) is 42.9 Å². The molecule has 0 fully saturated rings. The monoisotopic (exact) mass is 830 g/mol. The molecule has 0 atom stereocenters. The number of allylic oxidation sites excluding steroid dienone is 2. The lowest BCUT2D eigenvalue weighted by atomic mass is 9.93. The summed E-state index contributed by atoms with van der Waals surface area (Å²) < 4.78 is 11.3. The summed E-state index contributed by atoms with van der Waals surface area (Å²) in [6, 6.07) is 0. The van der Waals surface area contributed by atoms with Crippen molar-refractivity contribution in [3.8, 4) is 0 Å². The molecule has 8 heteroatoms. The Balaban J connectivity index is 2.35. The van der Waals surface area contributed by atoms with Gasteiger partial charge in [-0.1, -0.05) is 181 Å². The lowest BCUT2D eigenvalue weighted by Crippen LogP contribution is -2.38. The summed E-state index contributed by atoms with van der Waals surface area (Å²) in [7, 11) is 1.78. The van der Waals surface area contributed by atoms with Gasteiger partial charge in [0.1, 0.15) is 5.70 Å². The molecule has 1 rings (SSSR count). The molecule has 59 heavy (non-hydrogen) atoms. The number of ether oxygens (including phenoxy) is 2. The van der Waals surface area contributed by atoms with E-state index in [1.807, 2.05) is 0 Å². The summed E-state index contributed by atoms with van der Waals surface area (Å²) >= 11 is 0. The molecule has 8 nitrogen and oxygen atoms in total. The van der Waals surface area contributed by atoms with Crippen molar-refractivity contribution in [1.29, 1.82) is 0 Å². The molecular weight excluding hydrogens is 735 g/mol. The molecule has 0 saturated carbocycles. The largest absolute Gasteiger partial charge is 0.466 e. The molecular formula is C51H95N3O5. The molecule has 0 aromatic rings. The Kier molecular flexibility index (Phi) is 36.8. The third-order valence-electron chi connectivity index (χ3n) is 12.1. The van der Waals surface area contributed by atoms with Crippen LogP contribution in [0.25, 0.3) is 0 Å². The molecule has 0 amide bonds. The molecule has 0 radical (unpaired) electrons. The Hall–Kier alpha value is -2.35. The fraction of sp³-hybridized carbons (Fsp3) is 0.863. The first-order valence-corrected chi connectivity index (χ1v) is 25.3. The maximum absolute atomic E-state index is 13.1. The number of ketones is 1. The first-order chi connectivity index (χ1) is 28.9. The molecule has 1 aliphatic rings. The van der Waals surface area contributed by atoms with Crippen LogP contribution < -0.4 is 10.6 Å². The van der Waals surface area contributed by atoms with Crippen molar-refractivity contribution in [1.82, 2.24) is 15.5 Å². The summed E-state index contributed by atoms with van der Waals surface area (Å²) in [5, 5.41) is 6.42. The van der Waals surface area contributed by atoms with E-state index >= 15 is 0 Å². The van der Waals surface area contributed by atoms with Crippen LogP contribution in [0.15, 0.2) is 23.5 Å². The van der Waals surface area contributed by atoms with E-state index in [-0.39, 0.29) is 23.6 Å². The number of hydrogen-bond acceptors (Lipinski definition) is 8. The first kappa shape index (κ1) is 54.7. The zero-order chi connectivity index (χ0) is 43.0. The smallest absolute Gasteiger partial charge is 0.308 e. The van der Waals surface area contributed by atoms with E-state index in [9.17, 15) is 14.4 Å². The van der Waals surface area contributed by atoms with Gasteiger partial charge in [-0.2, -0.15) is 0 Å². The molecule has 0 bridgehead atoms. The zero-order valence-electron chi connectivity index (χ0n) is 39.4. The van der Waals surface area contributed by atoms with Crippen LogP contribution in [0.1, 0.15) is 233 Å². The Morgan fingerprint density at radius 1 is 0.542 bits per heavy atom. The highest BCUT2D eigenvalue weighted by Crippen LogP contribution is 2.24. The number of rotatable bonds is 45. The van der Waals surface area contributed by atoms with Gasteiger partial charge in [-0.05, 0) is 71.0 Å². The summed E-state index contributed by atoms with van der Waals surface area (Å²) in [6.07, 6.45) is 38.4. The quantitative estimate of drug-likeness (QED) is 0.0356. The van der Waals surface area contributed by atoms with E-state index in [4.69, 9.17) is 9.47 Å². The molecule has 2 N–H and O–H groups in total. The molecule has 0 aromatic heterocycles. The number of esters is 2. The van der Waals surface area contributed by atoms with Gasteiger partial charge in [0, 0.05) is 25.6 Å². The van der Waals surface area contributed by atoms with E-state index in [0.29, 0.717) is 30.9 Å². The van der Waals surface area contributed by atoms with Gasteiger partial charge in [-0.25, -0.2) is 0 Å². The summed E-state index contributed by atoms with van der Waals surface area (Å²) in [5.41, 5.74) is 2.08. The van der Waals surface area contributed by atoms with Crippen LogP contribution in [0.5, 0.6) is 0 Å². The van der Waals surface area contributed by atoms with E-state index in [1.165, 1.54) is 128 Å². The van der Waals surface area contributed by atoms with Crippen LogP contribution >= 0.6 is 0 Å². The predicted molar refractivity (Wildman–Crippen MR) is 249 cm³/mol. The van der Waals surface area contributed by atoms with Crippen LogP contribution in [0, 0.1) is 5.92 Å². The number of carbonyl (C=O) groups is 3. The van der Waals surface area contributed by atoms with Gasteiger partial charge in [0.05, 0.1) is 24.8 Å². The highest BCUT2D eigenvalue weighted by atomic mass is 16.5. The summed E-state index contributed by atoms with van der Waals surface area (Å²) in [6.45, 7) is 15.8. The van der Waals surface area contributed by atoms with Gasteiger partial charge in [0.2, 0.25) is 5.78 Å². The predicted octanol–water partition coefficient (Wildman–Crippen LogP) is 13.1.